The van der Waals surface area contributed by atoms with Crippen LogP contribution in [0.5, 0.6) is 0 Å². The molecule has 0 bridgehead atoms. The lowest BCUT2D eigenvalue weighted by atomic mass is 10.2. The summed E-state index contributed by atoms with van der Waals surface area (Å²) >= 11 is 0. The van der Waals surface area contributed by atoms with Gasteiger partial charge in [0.05, 0.1) is 0 Å². The molecule has 0 saturated carbocycles. The van der Waals surface area contributed by atoms with Gasteiger partial charge < -0.3 is 15.5 Å². The molecule has 4 heteroatoms. The van der Waals surface area contributed by atoms with Crippen LogP contribution in [0.1, 0.15) is 6.42 Å². The third-order valence-electron chi connectivity index (χ3n) is 3.26. The smallest absolute Gasteiger partial charge is 0.247 e. The second-order valence-corrected chi connectivity index (χ2v) is 4.46. The number of carbonyl (C=O) groups excluding carboxylic acids is 1. The average Bonchev–Trinajstić information content (AvgIpc) is 2.87. The van der Waals surface area contributed by atoms with Gasteiger partial charge in [0.25, 0.3) is 0 Å². The molecule has 0 aromatic heterocycles. The topological polar surface area (TPSA) is 44.4 Å². The van der Waals surface area contributed by atoms with E-state index in [1.165, 1.54) is 6.08 Å². The molecule has 0 aliphatic carbocycles. The average molecular weight is 245 g/mol. The Bertz CT molecular complexity index is 444. The molecule has 96 valence electrons. The number of amides is 1. The van der Waals surface area contributed by atoms with E-state index in [2.05, 4.69) is 28.2 Å². The van der Waals surface area contributed by atoms with Gasteiger partial charge in [-0.1, -0.05) is 12.6 Å². The molecule has 0 radical (unpaired) electrons. The van der Waals surface area contributed by atoms with Crippen LogP contribution in [0.3, 0.4) is 0 Å². The molecule has 0 spiro atoms. The SMILES string of the molecule is C=CC(=O)Nc1cccc(N2CCC(NC)C2)c1. The van der Waals surface area contributed by atoms with Crippen molar-refractivity contribution in [1.82, 2.24) is 5.32 Å². The molecule has 2 rings (SSSR count). The number of carbonyl (C=O) groups is 1. The van der Waals surface area contributed by atoms with Gasteiger partial charge in [-0.2, -0.15) is 0 Å². The molecule has 1 unspecified atom stereocenters. The first-order chi connectivity index (χ1) is 8.72. The molecule has 18 heavy (non-hydrogen) atoms. The molecule has 1 atom stereocenters. The number of benzene rings is 1. The van der Waals surface area contributed by atoms with Crippen molar-refractivity contribution in [1.29, 1.82) is 0 Å². The molecule has 1 aromatic carbocycles. The molecule has 1 saturated heterocycles. The molecule has 1 aliphatic heterocycles. The highest BCUT2D eigenvalue weighted by molar-refractivity contribution is 5.99. The summed E-state index contributed by atoms with van der Waals surface area (Å²) in [7, 11) is 1.99. The summed E-state index contributed by atoms with van der Waals surface area (Å²) < 4.78 is 0. The third-order valence-corrected chi connectivity index (χ3v) is 3.26. The van der Waals surface area contributed by atoms with Gasteiger partial charge in [-0.05, 0) is 37.7 Å². The second-order valence-electron chi connectivity index (χ2n) is 4.46. The fourth-order valence-corrected chi connectivity index (χ4v) is 2.20. The molecule has 1 amide bonds. The molecule has 2 N–H and O–H groups in total. The monoisotopic (exact) mass is 245 g/mol. The Kier molecular flexibility index (Phi) is 3.99. The van der Waals surface area contributed by atoms with E-state index in [-0.39, 0.29) is 5.91 Å². The van der Waals surface area contributed by atoms with E-state index in [1.54, 1.807) is 0 Å². The maximum atomic E-state index is 11.3. The van der Waals surface area contributed by atoms with Gasteiger partial charge in [0.2, 0.25) is 5.91 Å². The minimum absolute atomic E-state index is 0.179. The number of nitrogens with one attached hydrogen (secondary N) is 2. The Labute approximate surface area is 108 Å². The minimum Gasteiger partial charge on any atom is -0.370 e. The fraction of sp³-hybridized carbons (Fsp3) is 0.357. The number of rotatable bonds is 4. The van der Waals surface area contributed by atoms with Crippen molar-refractivity contribution in [2.75, 3.05) is 30.4 Å². The van der Waals surface area contributed by atoms with Crippen molar-refractivity contribution in [2.45, 2.75) is 12.5 Å². The van der Waals surface area contributed by atoms with Gasteiger partial charge in [-0.25, -0.2) is 0 Å². The van der Waals surface area contributed by atoms with Crippen LogP contribution in [0.25, 0.3) is 0 Å². The zero-order chi connectivity index (χ0) is 13.0. The van der Waals surface area contributed by atoms with Crippen molar-refractivity contribution in [3.05, 3.63) is 36.9 Å². The van der Waals surface area contributed by atoms with Crippen LogP contribution in [0.4, 0.5) is 11.4 Å². The highest BCUT2D eigenvalue weighted by Crippen LogP contribution is 2.23. The highest BCUT2D eigenvalue weighted by Gasteiger charge is 2.21. The number of nitrogens with zero attached hydrogens (tertiary/aromatic N) is 1. The summed E-state index contributed by atoms with van der Waals surface area (Å²) in [5.74, 6) is -0.179. The molecule has 1 fully saturated rings. The van der Waals surface area contributed by atoms with Crippen LogP contribution >= 0.6 is 0 Å². The van der Waals surface area contributed by atoms with E-state index >= 15 is 0 Å². The maximum Gasteiger partial charge on any atom is 0.247 e. The lowest BCUT2D eigenvalue weighted by Crippen LogP contribution is -2.29. The lowest BCUT2D eigenvalue weighted by molar-refractivity contribution is -0.111. The molecule has 1 aliphatic rings. The van der Waals surface area contributed by atoms with Gasteiger partial charge in [-0.15, -0.1) is 0 Å². The molecular formula is C14H19N3O. The summed E-state index contributed by atoms with van der Waals surface area (Å²) in [6.07, 6.45) is 2.43. The van der Waals surface area contributed by atoms with Crippen molar-refractivity contribution >= 4 is 17.3 Å². The Morgan fingerprint density at radius 2 is 2.39 bits per heavy atom. The third kappa shape index (κ3) is 2.90. The summed E-state index contributed by atoms with van der Waals surface area (Å²) in [5, 5.41) is 6.08. The Balaban J connectivity index is 2.07. The molecule has 4 nitrogen and oxygen atoms in total. The van der Waals surface area contributed by atoms with E-state index in [9.17, 15) is 4.79 Å². The predicted molar refractivity (Wildman–Crippen MR) is 74.9 cm³/mol. The minimum atomic E-state index is -0.179. The van der Waals surface area contributed by atoms with Crippen molar-refractivity contribution in [3.63, 3.8) is 0 Å². The van der Waals surface area contributed by atoms with Gasteiger partial charge in [0, 0.05) is 30.5 Å². The van der Waals surface area contributed by atoms with E-state index < -0.39 is 0 Å². The first-order valence-corrected chi connectivity index (χ1v) is 6.18. The number of likely N-dealkylation sites (N-methyl/N-ethyl adjacent to an activating group) is 1. The lowest BCUT2D eigenvalue weighted by Gasteiger charge is -2.19. The van der Waals surface area contributed by atoms with Crippen molar-refractivity contribution < 1.29 is 4.79 Å². The number of anilines is 2. The second kappa shape index (κ2) is 5.69. The zero-order valence-corrected chi connectivity index (χ0v) is 10.6. The van der Waals surface area contributed by atoms with Crippen LogP contribution < -0.4 is 15.5 Å². The highest BCUT2D eigenvalue weighted by atomic mass is 16.1. The maximum absolute atomic E-state index is 11.3. The first kappa shape index (κ1) is 12.6. The van der Waals surface area contributed by atoms with Crippen molar-refractivity contribution in [3.8, 4) is 0 Å². The van der Waals surface area contributed by atoms with E-state index in [0.29, 0.717) is 6.04 Å². The van der Waals surface area contributed by atoms with Crippen LogP contribution in [0, 0.1) is 0 Å². The Hall–Kier alpha value is -1.81. The molecular weight excluding hydrogens is 226 g/mol. The summed E-state index contributed by atoms with van der Waals surface area (Å²) in [6, 6.07) is 8.47. The normalized spacial score (nSPS) is 18.7. The van der Waals surface area contributed by atoms with Gasteiger partial charge >= 0.3 is 0 Å². The van der Waals surface area contributed by atoms with Gasteiger partial charge in [0.15, 0.2) is 0 Å². The number of hydrogen-bond acceptors (Lipinski definition) is 3. The van der Waals surface area contributed by atoms with Gasteiger partial charge in [0.1, 0.15) is 0 Å². The van der Waals surface area contributed by atoms with Crippen LogP contribution in [0.15, 0.2) is 36.9 Å². The van der Waals surface area contributed by atoms with Crippen molar-refractivity contribution in [2.24, 2.45) is 0 Å². The fourth-order valence-electron chi connectivity index (χ4n) is 2.20. The quantitative estimate of drug-likeness (QED) is 0.792. The van der Waals surface area contributed by atoms with E-state index in [1.807, 2.05) is 25.2 Å². The Morgan fingerprint density at radius 3 is 3.06 bits per heavy atom. The first-order valence-electron chi connectivity index (χ1n) is 6.18. The standard InChI is InChI=1S/C14H19N3O/c1-3-14(18)16-11-5-4-6-13(9-11)17-8-7-12(10-17)15-2/h3-6,9,12,15H,1,7-8,10H2,2H3,(H,16,18). The van der Waals surface area contributed by atoms with Gasteiger partial charge in [-0.3, -0.25) is 4.79 Å². The van der Waals surface area contributed by atoms with E-state index in [4.69, 9.17) is 0 Å². The predicted octanol–water partition coefficient (Wildman–Crippen LogP) is 1.61. The summed E-state index contributed by atoms with van der Waals surface area (Å²) in [5.41, 5.74) is 1.96. The summed E-state index contributed by atoms with van der Waals surface area (Å²) in [6.45, 7) is 5.50. The van der Waals surface area contributed by atoms with Crippen LogP contribution in [0.2, 0.25) is 0 Å². The Morgan fingerprint density at radius 1 is 1.56 bits per heavy atom. The number of hydrogen-bond donors (Lipinski definition) is 2. The van der Waals surface area contributed by atoms with E-state index in [0.717, 1.165) is 30.9 Å². The molecule has 1 aromatic rings. The molecule has 1 heterocycles. The van der Waals surface area contributed by atoms with Crippen LogP contribution in [-0.2, 0) is 4.79 Å². The summed E-state index contributed by atoms with van der Waals surface area (Å²) in [4.78, 5) is 13.6. The largest absolute Gasteiger partial charge is 0.370 e. The zero-order valence-electron chi connectivity index (χ0n) is 10.6. The van der Waals surface area contributed by atoms with Crippen LogP contribution in [-0.4, -0.2) is 32.1 Å².